The molecule has 7 heteroatoms. The van der Waals surface area contributed by atoms with Crippen molar-refractivity contribution in [1.29, 1.82) is 0 Å². The summed E-state index contributed by atoms with van der Waals surface area (Å²) in [5.74, 6) is 0.122. The maximum atomic E-state index is 12.2. The number of methoxy groups -OCH3 is 1. The van der Waals surface area contributed by atoms with E-state index < -0.39 is 15.9 Å². The number of ether oxygens (including phenoxy) is 1. The number of aryl methyl sites for hydroxylation is 2. The molecule has 0 heterocycles. The SMILES string of the molecule is COc1ccc(S(=O)(=O)NCC(=O)Nc2ccc(C)c(C)c2)cc1. The largest absolute Gasteiger partial charge is 0.497 e. The van der Waals surface area contributed by atoms with Crippen molar-refractivity contribution in [3.05, 3.63) is 53.6 Å². The lowest BCUT2D eigenvalue weighted by Crippen LogP contribution is -2.32. The van der Waals surface area contributed by atoms with Crippen LogP contribution in [0.1, 0.15) is 11.1 Å². The molecule has 0 saturated heterocycles. The number of hydrogen-bond donors (Lipinski definition) is 2. The van der Waals surface area contributed by atoms with E-state index in [9.17, 15) is 13.2 Å². The van der Waals surface area contributed by atoms with Crippen molar-refractivity contribution in [3.63, 3.8) is 0 Å². The summed E-state index contributed by atoms with van der Waals surface area (Å²) in [6.07, 6.45) is 0. The van der Waals surface area contributed by atoms with Crippen LogP contribution in [0.3, 0.4) is 0 Å². The van der Waals surface area contributed by atoms with E-state index in [0.29, 0.717) is 11.4 Å². The first-order chi connectivity index (χ1) is 11.3. The minimum atomic E-state index is -3.75. The van der Waals surface area contributed by atoms with E-state index in [1.54, 1.807) is 18.2 Å². The molecule has 2 aromatic rings. The lowest BCUT2D eigenvalue weighted by atomic mass is 10.1. The van der Waals surface area contributed by atoms with Gasteiger partial charge >= 0.3 is 0 Å². The van der Waals surface area contributed by atoms with Gasteiger partial charge in [-0.15, -0.1) is 0 Å². The fourth-order valence-corrected chi connectivity index (χ4v) is 3.01. The molecule has 2 aromatic carbocycles. The van der Waals surface area contributed by atoms with E-state index in [2.05, 4.69) is 10.0 Å². The summed E-state index contributed by atoms with van der Waals surface area (Å²) >= 11 is 0. The molecule has 0 radical (unpaired) electrons. The second-order valence-electron chi connectivity index (χ2n) is 5.35. The summed E-state index contributed by atoms with van der Waals surface area (Å²) in [5, 5.41) is 2.67. The van der Waals surface area contributed by atoms with Crippen molar-refractivity contribution in [2.75, 3.05) is 19.0 Å². The minimum Gasteiger partial charge on any atom is -0.497 e. The topological polar surface area (TPSA) is 84.5 Å². The van der Waals surface area contributed by atoms with E-state index in [0.717, 1.165) is 11.1 Å². The first-order valence-corrected chi connectivity index (χ1v) is 8.81. The zero-order valence-corrected chi connectivity index (χ0v) is 14.6. The van der Waals surface area contributed by atoms with Gasteiger partial charge in [-0.1, -0.05) is 6.07 Å². The average molecular weight is 348 g/mol. The Hall–Kier alpha value is -2.38. The summed E-state index contributed by atoms with van der Waals surface area (Å²) in [6.45, 7) is 3.57. The molecule has 0 unspecified atom stereocenters. The van der Waals surface area contributed by atoms with Crippen molar-refractivity contribution >= 4 is 21.6 Å². The van der Waals surface area contributed by atoms with Gasteiger partial charge in [-0.2, -0.15) is 0 Å². The molecule has 0 aliphatic heterocycles. The molecule has 24 heavy (non-hydrogen) atoms. The van der Waals surface area contributed by atoms with Gasteiger partial charge in [0.05, 0.1) is 18.6 Å². The van der Waals surface area contributed by atoms with Gasteiger partial charge in [-0.3, -0.25) is 4.79 Å². The van der Waals surface area contributed by atoms with E-state index in [-0.39, 0.29) is 11.4 Å². The monoisotopic (exact) mass is 348 g/mol. The molecule has 0 atom stereocenters. The highest BCUT2D eigenvalue weighted by atomic mass is 32.2. The first-order valence-electron chi connectivity index (χ1n) is 7.32. The van der Waals surface area contributed by atoms with Crippen LogP contribution in [0.25, 0.3) is 0 Å². The Bertz CT molecular complexity index is 830. The van der Waals surface area contributed by atoms with Crippen molar-refractivity contribution in [2.45, 2.75) is 18.7 Å². The third kappa shape index (κ3) is 4.56. The van der Waals surface area contributed by atoms with Crippen molar-refractivity contribution in [3.8, 4) is 5.75 Å². The van der Waals surface area contributed by atoms with Crippen LogP contribution in [0.5, 0.6) is 5.75 Å². The Morgan fingerprint density at radius 2 is 1.71 bits per heavy atom. The molecular formula is C17H20N2O4S. The highest BCUT2D eigenvalue weighted by Crippen LogP contribution is 2.16. The third-order valence-corrected chi connectivity index (χ3v) is 5.00. The van der Waals surface area contributed by atoms with Gasteiger partial charge < -0.3 is 10.1 Å². The number of hydrogen-bond acceptors (Lipinski definition) is 4. The Kier molecular flexibility index (Phi) is 5.58. The number of carbonyl (C=O) groups excluding carboxylic acids is 1. The lowest BCUT2D eigenvalue weighted by Gasteiger charge is -2.09. The van der Waals surface area contributed by atoms with E-state index in [4.69, 9.17) is 4.74 Å². The van der Waals surface area contributed by atoms with Gasteiger partial charge in [0.2, 0.25) is 15.9 Å². The molecule has 2 rings (SSSR count). The van der Waals surface area contributed by atoms with Crippen molar-refractivity contribution in [2.24, 2.45) is 0 Å². The van der Waals surface area contributed by atoms with Gasteiger partial charge in [0.1, 0.15) is 5.75 Å². The van der Waals surface area contributed by atoms with Crippen LogP contribution >= 0.6 is 0 Å². The average Bonchev–Trinajstić information content (AvgIpc) is 2.56. The Labute approximate surface area is 141 Å². The highest BCUT2D eigenvalue weighted by molar-refractivity contribution is 7.89. The minimum absolute atomic E-state index is 0.0716. The molecular weight excluding hydrogens is 328 g/mol. The number of nitrogens with one attached hydrogen (secondary N) is 2. The number of sulfonamides is 1. The number of rotatable bonds is 6. The molecule has 0 aromatic heterocycles. The summed E-state index contributed by atoms with van der Waals surface area (Å²) < 4.78 is 31.6. The van der Waals surface area contributed by atoms with Gasteiger partial charge in [0.15, 0.2) is 0 Å². The van der Waals surface area contributed by atoms with Gasteiger partial charge in [0.25, 0.3) is 0 Å². The van der Waals surface area contributed by atoms with Crippen LogP contribution in [0.4, 0.5) is 5.69 Å². The molecule has 0 saturated carbocycles. The zero-order valence-electron chi connectivity index (χ0n) is 13.8. The van der Waals surface area contributed by atoms with Gasteiger partial charge in [-0.25, -0.2) is 13.1 Å². The van der Waals surface area contributed by atoms with Crippen molar-refractivity contribution < 1.29 is 17.9 Å². The lowest BCUT2D eigenvalue weighted by molar-refractivity contribution is -0.115. The quantitative estimate of drug-likeness (QED) is 0.838. The van der Waals surface area contributed by atoms with Crippen LogP contribution in [0, 0.1) is 13.8 Å². The standard InChI is InChI=1S/C17H20N2O4S/c1-12-4-5-14(10-13(12)2)19-17(20)11-18-24(21,22)16-8-6-15(23-3)7-9-16/h4-10,18H,11H2,1-3H3,(H,19,20). The second kappa shape index (κ2) is 7.46. The van der Waals surface area contributed by atoms with Crippen LogP contribution < -0.4 is 14.8 Å². The van der Waals surface area contributed by atoms with E-state index >= 15 is 0 Å². The molecule has 0 bridgehead atoms. The fourth-order valence-electron chi connectivity index (χ4n) is 2.02. The summed E-state index contributed by atoms with van der Waals surface area (Å²) in [5.41, 5.74) is 2.80. The maximum absolute atomic E-state index is 12.2. The van der Waals surface area contributed by atoms with Crippen LogP contribution in [0.15, 0.2) is 47.4 Å². The number of amides is 1. The molecule has 1 amide bonds. The molecule has 2 N–H and O–H groups in total. The first kappa shape index (κ1) is 18.0. The van der Waals surface area contributed by atoms with E-state index in [1.807, 2.05) is 26.0 Å². The maximum Gasteiger partial charge on any atom is 0.241 e. The molecule has 6 nitrogen and oxygen atoms in total. The second-order valence-corrected chi connectivity index (χ2v) is 7.11. The fraction of sp³-hybridized carbons (Fsp3) is 0.235. The van der Waals surface area contributed by atoms with Crippen LogP contribution in [-0.2, 0) is 14.8 Å². The van der Waals surface area contributed by atoms with Gasteiger partial charge in [0, 0.05) is 5.69 Å². The Morgan fingerprint density at radius 3 is 2.29 bits per heavy atom. The summed E-state index contributed by atoms with van der Waals surface area (Å²) in [6, 6.07) is 11.4. The third-order valence-electron chi connectivity index (χ3n) is 3.58. The molecule has 0 aliphatic rings. The smallest absolute Gasteiger partial charge is 0.241 e. The summed E-state index contributed by atoms with van der Waals surface area (Å²) in [7, 11) is -2.25. The zero-order chi connectivity index (χ0) is 17.7. The molecule has 0 fully saturated rings. The predicted octanol–water partition coefficient (Wildman–Crippen LogP) is 2.23. The number of carbonyl (C=O) groups is 1. The molecule has 128 valence electrons. The predicted molar refractivity (Wildman–Crippen MR) is 92.7 cm³/mol. The van der Waals surface area contributed by atoms with Crippen LogP contribution in [-0.4, -0.2) is 28.0 Å². The van der Waals surface area contributed by atoms with Crippen molar-refractivity contribution in [1.82, 2.24) is 4.72 Å². The highest BCUT2D eigenvalue weighted by Gasteiger charge is 2.15. The normalized spacial score (nSPS) is 11.1. The van der Waals surface area contributed by atoms with E-state index in [1.165, 1.54) is 19.2 Å². The molecule has 0 aliphatic carbocycles. The Balaban J connectivity index is 1.97. The Morgan fingerprint density at radius 1 is 1.04 bits per heavy atom. The molecule has 0 spiro atoms. The number of anilines is 1. The van der Waals surface area contributed by atoms with Gasteiger partial charge in [-0.05, 0) is 61.4 Å². The summed E-state index contributed by atoms with van der Waals surface area (Å²) in [4.78, 5) is 12.0. The number of benzene rings is 2. The van der Waals surface area contributed by atoms with Crippen LogP contribution in [0.2, 0.25) is 0 Å².